The van der Waals surface area contributed by atoms with Crippen LogP contribution in [0.3, 0.4) is 0 Å². The lowest BCUT2D eigenvalue weighted by atomic mass is 10.1. The highest BCUT2D eigenvalue weighted by molar-refractivity contribution is 6.30. The monoisotopic (exact) mass is 442 g/mol. The average molecular weight is 443 g/mol. The van der Waals surface area contributed by atoms with Gasteiger partial charge in [0, 0.05) is 16.1 Å². The van der Waals surface area contributed by atoms with Gasteiger partial charge in [-0.1, -0.05) is 11.6 Å². The Kier molecular flexibility index (Phi) is 6.57. The Morgan fingerprint density at radius 3 is 2.19 bits per heavy atom. The first-order valence-electron chi connectivity index (χ1n) is 9.75. The number of anilines is 1. The third-order valence-electron chi connectivity index (χ3n) is 4.62. The fraction of sp³-hybridized carbons (Fsp3) is 0.304. The summed E-state index contributed by atoms with van der Waals surface area (Å²) >= 11 is 5.79. The highest BCUT2D eigenvalue weighted by Crippen LogP contribution is 2.24. The molecular formula is C23H23ClN2O5. The summed E-state index contributed by atoms with van der Waals surface area (Å²) in [5.41, 5.74) is 0.656. The number of ether oxygens (including phenoxy) is 1. The van der Waals surface area contributed by atoms with Crippen LogP contribution in [0.15, 0.2) is 48.5 Å². The molecule has 1 fully saturated rings. The van der Waals surface area contributed by atoms with Gasteiger partial charge >= 0.3 is 5.97 Å². The molecular weight excluding hydrogens is 420 g/mol. The van der Waals surface area contributed by atoms with Crippen molar-refractivity contribution >= 4 is 40.9 Å². The van der Waals surface area contributed by atoms with Gasteiger partial charge in [0.25, 0.3) is 5.91 Å². The van der Waals surface area contributed by atoms with Crippen molar-refractivity contribution in [2.45, 2.75) is 38.8 Å². The number of hydrogen-bond donors (Lipinski definition) is 1. The van der Waals surface area contributed by atoms with Crippen molar-refractivity contribution in [3.8, 4) is 0 Å². The number of carbonyl (C=O) groups is 4. The minimum absolute atomic E-state index is 0.0761. The Morgan fingerprint density at radius 1 is 1.03 bits per heavy atom. The van der Waals surface area contributed by atoms with E-state index in [2.05, 4.69) is 5.32 Å². The molecule has 2 amide bonds. The molecule has 8 heteroatoms. The number of halogens is 1. The van der Waals surface area contributed by atoms with E-state index in [-0.39, 0.29) is 35.1 Å². The zero-order chi connectivity index (χ0) is 22.8. The van der Waals surface area contributed by atoms with Crippen molar-refractivity contribution in [3.05, 3.63) is 64.7 Å². The summed E-state index contributed by atoms with van der Waals surface area (Å²) in [7, 11) is 0. The highest BCUT2D eigenvalue weighted by Gasteiger charge is 2.40. The van der Waals surface area contributed by atoms with Crippen molar-refractivity contribution in [1.29, 1.82) is 0 Å². The van der Waals surface area contributed by atoms with Gasteiger partial charge in [-0.3, -0.25) is 14.4 Å². The van der Waals surface area contributed by atoms with Crippen molar-refractivity contribution in [2.24, 2.45) is 0 Å². The lowest BCUT2D eigenvalue weighted by Gasteiger charge is -2.24. The average Bonchev–Trinajstić information content (AvgIpc) is 2.98. The molecule has 1 heterocycles. The van der Waals surface area contributed by atoms with E-state index in [1.807, 2.05) is 20.8 Å². The van der Waals surface area contributed by atoms with Crippen LogP contribution in [-0.4, -0.2) is 41.8 Å². The van der Waals surface area contributed by atoms with E-state index in [0.29, 0.717) is 16.3 Å². The molecule has 0 spiro atoms. The van der Waals surface area contributed by atoms with Gasteiger partial charge in [-0.25, -0.2) is 9.69 Å². The Morgan fingerprint density at radius 2 is 1.61 bits per heavy atom. The molecule has 2 aromatic carbocycles. The number of Topliss-reactive ketones (excluding diaryl/α,β-unsaturated/α-hetero) is 1. The van der Waals surface area contributed by atoms with Crippen molar-refractivity contribution in [2.75, 3.05) is 11.5 Å². The van der Waals surface area contributed by atoms with Crippen LogP contribution in [0.4, 0.5) is 5.69 Å². The van der Waals surface area contributed by atoms with E-state index in [0.717, 1.165) is 4.90 Å². The molecule has 7 nitrogen and oxygen atoms in total. The van der Waals surface area contributed by atoms with E-state index in [1.54, 1.807) is 24.3 Å². The van der Waals surface area contributed by atoms with Crippen molar-refractivity contribution in [3.63, 3.8) is 0 Å². The van der Waals surface area contributed by atoms with Crippen LogP contribution in [0.5, 0.6) is 0 Å². The van der Waals surface area contributed by atoms with Crippen LogP contribution in [0.1, 0.15) is 47.9 Å². The molecule has 1 atom stereocenters. The number of esters is 1. The molecule has 31 heavy (non-hydrogen) atoms. The van der Waals surface area contributed by atoms with E-state index >= 15 is 0 Å². The van der Waals surface area contributed by atoms with Crippen molar-refractivity contribution in [1.82, 2.24) is 5.32 Å². The maximum Gasteiger partial charge on any atom is 0.338 e. The molecule has 2 aromatic rings. The third-order valence-corrected chi connectivity index (χ3v) is 4.87. The number of rotatable bonds is 6. The summed E-state index contributed by atoms with van der Waals surface area (Å²) < 4.78 is 5.08. The Bertz CT molecular complexity index is 1010. The van der Waals surface area contributed by atoms with Gasteiger partial charge in [0.15, 0.2) is 12.4 Å². The van der Waals surface area contributed by atoms with Gasteiger partial charge in [-0.05, 0) is 69.3 Å². The third kappa shape index (κ3) is 5.57. The summed E-state index contributed by atoms with van der Waals surface area (Å²) in [4.78, 5) is 50.5. The first kappa shape index (κ1) is 22.7. The van der Waals surface area contributed by atoms with Crippen LogP contribution >= 0.6 is 11.6 Å². The lowest BCUT2D eigenvalue weighted by Crippen LogP contribution is -2.47. The molecule has 1 aliphatic rings. The van der Waals surface area contributed by atoms with Gasteiger partial charge in [0.05, 0.1) is 23.7 Å². The second-order valence-electron chi connectivity index (χ2n) is 8.27. The number of nitrogens with zero attached hydrogens (tertiary/aromatic N) is 1. The normalized spacial score (nSPS) is 16.5. The first-order valence-corrected chi connectivity index (χ1v) is 10.1. The SMILES string of the molecule is CC(C)(C)NC1CC(=O)N(c2ccc(C(=O)OCC(=O)c3ccc(Cl)cc3)cc2)C1=O. The number of nitrogens with one attached hydrogen (secondary N) is 1. The van der Waals surface area contributed by atoms with Gasteiger partial charge < -0.3 is 10.1 Å². The molecule has 1 N–H and O–H groups in total. The summed E-state index contributed by atoms with van der Waals surface area (Å²) in [6.07, 6.45) is 0.0761. The number of carbonyl (C=O) groups excluding carboxylic acids is 4. The topological polar surface area (TPSA) is 92.8 Å². The van der Waals surface area contributed by atoms with Crippen LogP contribution in [-0.2, 0) is 14.3 Å². The van der Waals surface area contributed by atoms with E-state index in [1.165, 1.54) is 24.3 Å². The molecule has 0 aliphatic carbocycles. The molecule has 0 radical (unpaired) electrons. The molecule has 162 valence electrons. The quantitative estimate of drug-likeness (QED) is 0.418. The van der Waals surface area contributed by atoms with Crippen molar-refractivity contribution < 1.29 is 23.9 Å². The van der Waals surface area contributed by atoms with Crippen LogP contribution < -0.4 is 10.2 Å². The molecule has 0 bridgehead atoms. The smallest absolute Gasteiger partial charge is 0.338 e. The van der Waals surface area contributed by atoms with E-state index < -0.39 is 18.6 Å². The zero-order valence-corrected chi connectivity index (χ0v) is 18.2. The second-order valence-corrected chi connectivity index (χ2v) is 8.71. The largest absolute Gasteiger partial charge is 0.454 e. The van der Waals surface area contributed by atoms with Crippen LogP contribution in [0, 0.1) is 0 Å². The van der Waals surface area contributed by atoms with Crippen LogP contribution in [0.2, 0.25) is 5.02 Å². The first-order chi connectivity index (χ1) is 14.5. The Hall–Kier alpha value is -3.03. The maximum absolute atomic E-state index is 12.7. The predicted octanol–water partition coefficient (Wildman–Crippen LogP) is 3.40. The minimum Gasteiger partial charge on any atom is -0.454 e. The molecule has 1 aliphatic heterocycles. The lowest BCUT2D eigenvalue weighted by molar-refractivity contribution is -0.121. The fourth-order valence-corrected chi connectivity index (χ4v) is 3.34. The summed E-state index contributed by atoms with van der Waals surface area (Å²) in [6.45, 7) is 5.36. The molecule has 1 saturated heterocycles. The number of imide groups is 1. The molecule has 0 aromatic heterocycles. The van der Waals surface area contributed by atoms with E-state index in [4.69, 9.17) is 16.3 Å². The van der Waals surface area contributed by atoms with E-state index in [9.17, 15) is 19.2 Å². The maximum atomic E-state index is 12.7. The molecule has 1 unspecified atom stereocenters. The number of benzene rings is 2. The summed E-state index contributed by atoms with van der Waals surface area (Å²) in [5, 5.41) is 3.65. The number of amides is 2. The predicted molar refractivity (Wildman–Crippen MR) is 116 cm³/mol. The van der Waals surface area contributed by atoms with Gasteiger partial charge in [-0.15, -0.1) is 0 Å². The fourth-order valence-electron chi connectivity index (χ4n) is 3.22. The van der Waals surface area contributed by atoms with Gasteiger partial charge in [0.1, 0.15) is 0 Å². The summed E-state index contributed by atoms with van der Waals surface area (Å²) in [5.74, 6) is -1.67. The summed E-state index contributed by atoms with van der Waals surface area (Å²) in [6, 6.07) is 11.6. The highest BCUT2D eigenvalue weighted by atomic mass is 35.5. The van der Waals surface area contributed by atoms with Gasteiger partial charge in [0.2, 0.25) is 5.91 Å². The second kappa shape index (κ2) is 8.99. The zero-order valence-electron chi connectivity index (χ0n) is 17.5. The van der Waals surface area contributed by atoms with Gasteiger partial charge in [-0.2, -0.15) is 0 Å². The minimum atomic E-state index is -0.680. The standard InChI is InChI=1S/C23H23ClN2O5/c1-23(2,3)25-18-12-20(28)26(21(18)29)17-10-6-15(7-11-17)22(30)31-13-19(27)14-4-8-16(24)9-5-14/h4-11,18,25H,12-13H2,1-3H3. The number of hydrogen-bond acceptors (Lipinski definition) is 6. The number of ketones is 1. The Labute approximate surface area is 185 Å². The van der Waals surface area contributed by atoms with Crippen LogP contribution in [0.25, 0.3) is 0 Å². The Balaban J connectivity index is 1.62. The molecule has 3 rings (SSSR count). The molecule has 0 saturated carbocycles.